The molecule has 0 radical (unpaired) electrons. The first-order valence-electron chi connectivity index (χ1n) is 27.1. The van der Waals surface area contributed by atoms with Gasteiger partial charge in [0, 0.05) is 80.1 Å². The van der Waals surface area contributed by atoms with E-state index in [1.54, 1.807) is 0 Å². The predicted molar refractivity (Wildman–Crippen MR) is 255 cm³/mol. The molecule has 15 heterocycles. The summed E-state index contributed by atoms with van der Waals surface area (Å²) < 4.78 is 48.6. The summed E-state index contributed by atoms with van der Waals surface area (Å²) in [4.78, 5) is 2.72. The zero-order valence-electron chi connectivity index (χ0n) is 43.0. The normalized spacial score (nSPS) is 54.1. The summed E-state index contributed by atoms with van der Waals surface area (Å²) in [5.41, 5.74) is 9.26. The number of hydrogen-bond donors (Lipinski definition) is 20. The zero-order valence-corrected chi connectivity index (χ0v) is 43.0. The van der Waals surface area contributed by atoms with E-state index in [9.17, 15) is 108 Å². The van der Waals surface area contributed by atoms with Gasteiger partial charge >= 0.3 is 0 Å². The highest BCUT2D eigenvalue weighted by Gasteiger charge is 2.58. The Morgan fingerprint density at radius 1 is 0.291 bits per heavy atom. The van der Waals surface area contributed by atoms with E-state index in [1.807, 2.05) is 0 Å². The SMILES string of the molecule is [N-]=[N+]=NC[C@H]1O[C@@H]2O[C@@H]3[C@@H](CO)C[C@H](O[C@@H]4[C@@H](CO)C[C@H](O[C@@H]5[C@@H](CO)C[C@H](O[C@@H]6[C@@H](CO)C[C@H](O[C@@H]7[C@@H](CO)C[C@H](O[C@@H]8[C@@H](CO)C[C@H](O[C@H]1[C@H](O)[C@H]2O)[C@H](O)[C@H]8O)[C@H](O)[C@H]7O)[C@H](O)[C@H]6O)[C@H](O)[C@H]5O)[C@H](O)[C@H]4O)[C@H](O)[C@H]3O. The lowest BCUT2D eigenvalue weighted by Crippen LogP contribution is -2.66. The first-order valence-corrected chi connectivity index (χ1v) is 27.1. The Kier molecular flexibility index (Phi) is 21.6. The van der Waals surface area contributed by atoms with Crippen molar-refractivity contribution in [2.75, 3.05) is 46.2 Å². The number of ether oxygens (including phenoxy) is 8. The molecule has 14 bridgehead atoms. The van der Waals surface area contributed by atoms with Crippen molar-refractivity contribution in [1.29, 1.82) is 0 Å². The fourth-order valence-corrected chi connectivity index (χ4v) is 13.4. The second-order valence-electron chi connectivity index (χ2n) is 22.8. The van der Waals surface area contributed by atoms with Crippen LogP contribution in [-0.2, 0) is 37.9 Å². The lowest BCUT2D eigenvalue weighted by atomic mass is 9.77. The topological polar surface area (TPSA) is 527 Å². The van der Waals surface area contributed by atoms with Crippen LogP contribution < -0.4 is 0 Å². The van der Waals surface area contributed by atoms with Crippen LogP contribution in [0.1, 0.15) is 38.5 Å². The Bertz CT molecular complexity index is 1960. The number of aliphatic hydroxyl groups is 20. The number of aliphatic hydroxyl groups excluding tert-OH is 20. The molecular formula is C48H81N3O28. The zero-order chi connectivity index (χ0) is 57.5. The Balaban J connectivity index is 1.09. The summed E-state index contributed by atoms with van der Waals surface area (Å²) in [6.07, 6.45) is -51.2. The van der Waals surface area contributed by atoms with Gasteiger partial charge < -0.3 is 140 Å². The molecule has 15 saturated heterocycles. The second-order valence-corrected chi connectivity index (χ2v) is 22.8. The third-order valence-electron chi connectivity index (χ3n) is 18.1. The van der Waals surface area contributed by atoms with E-state index in [0.717, 1.165) is 0 Å². The van der Waals surface area contributed by atoms with Crippen LogP contribution >= 0.6 is 0 Å². The first kappa shape index (κ1) is 63.2. The van der Waals surface area contributed by atoms with Crippen molar-refractivity contribution in [2.24, 2.45) is 40.6 Å². The van der Waals surface area contributed by atoms with Crippen molar-refractivity contribution >= 4 is 0 Å². The number of hydrogen-bond acceptors (Lipinski definition) is 29. The van der Waals surface area contributed by atoms with Gasteiger partial charge in [-0.2, -0.15) is 0 Å². The van der Waals surface area contributed by atoms with Crippen LogP contribution in [0.3, 0.4) is 0 Å². The van der Waals surface area contributed by atoms with Crippen LogP contribution in [0, 0.1) is 35.5 Å². The third kappa shape index (κ3) is 12.6. The summed E-state index contributed by atoms with van der Waals surface area (Å²) in [7, 11) is 0. The predicted octanol–water partition coefficient (Wildman–Crippen LogP) is -9.93. The first-order chi connectivity index (χ1) is 37.7. The minimum atomic E-state index is -2.07. The van der Waals surface area contributed by atoms with Gasteiger partial charge in [0.15, 0.2) is 6.29 Å². The molecule has 0 amide bonds. The van der Waals surface area contributed by atoms with Crippen molar-refractivity contribution in [3.63, 3.8) is 0 Å². The largest absolute Gasteiger partial charge is 0.396 e. The van der Waals surface area contributed by atoms with E-state index in [2.05, 4.69) is 10.0 Å². The maximum atomic E-state index is 11.6. The van der Waals surface area contributed by atoms with Gasteiger partial charge in [0.2, 0.25) is 0 Å². The molecule has 6 aliphatic carbocycles. The van der Waals surface area contributed by atoms with Crippen molar-refractivity contribution < 1.29 is 140 Å². The molecule has 20 N–H and O–H groups in total. The van der Waals surface area contributed by atoms with Crippen molar-refractivity contribution in [1.82, 2.24) is 0 Å². The van der Waals surface area contributed by atoms with Crippen molar-refractivity contribution in [2.45, 2.75) is 216 Å². The number of azide groups is 1. The molecule has 21 fully saturated rings. The minimum Gasteiger partial charge on any atom is -0.396 e. The van der Waals surface area contributed by atoms with Crippen LogP contribution in [0.5, 0.6) is 0 Å². The Morgan fingerprint density at radius 2 is 0.506 bits per heavy atom. The maximum Gasteiger partial charge on any atom is 0.186 e. The third-order valence-corrected chi connectivity index (χ3v) is 18.1. The van der Waals surface area contributed by atoms with Gasteiger partial charge in [-0.05, 0) is 44.1 Å². The molecule has 15 aliphatic heterocycles. The van der Waals surface area contributed by atoms with E-state index < -0.39 is 259 Å². The molecule has 456 valence electrons. The van der Waals surface area contributed by atoms with Crippen LogP contribution in [0.4, 0.5) is 0 Å². The molecule has 21 rings (SSSR count). The molecule has 21 aliphatic rings. The van der Waals surface area contributed by atoms with E-state index in [-0.39, 0.29) is 38.5 Å². The fourth-order valence-electron chi connectivity index (χ4n) is 13.4. The molecule has 0 aromatic rings. The Labute approximate surface area is 452 Å². The van der Waals surface area contributed by atoms with Gasteiger partial charge in [0.25, 0.3) is 0 Å². The van der Waals surface area contributed by atoms with Gasteiger partial charge in [0.1, 0.15) is 91.6 Å². The number of nitrogens with zero attached hydrogens (tertiary/aromatic N) is 3. The maximum absolute atomic E-state index is 11.6. The molecule has 0 unspecified atom stereocenters. The van der Waals surface area contributed by atoms with Gasteiger partial charge in [-0.3, -0.25) is 0 Å². The number of rotatable bonds is 8. The van der Waals surface area contributed by atoms with E-state index in [4.69, 9.17) is 37.9 Å². The highest BCUT2D eigenvalue weighted by molar-refractivity contribution is 5.06. The summed E-state index contributed by atoms with van der Waals surface area (Å²) in [6.45, 7) is -4.98. The molecule has 79 heavy (non-hydrogen) atoms. The second kappa shape index (κ2) is 27.1. The summed E-state index contributed by atoms with van der Waals surface area (Å²) in [5, 5.41) is 228. The smallest absolute Gasteiger partial charge is 0.186 e. The van der Waals surface area contributed by atoms with Crippen molar-refractivity contribution in [3.8, 4) is 0 Å². The summed E-state index contributed by atoms with van der Waals surface area (Å²) >= 11 is 0. The average molecular weight is 1150 g/mol. The molecule has 31 nitrogen and oxygen atoms in total. The van der Waals surface area contributed by atoms with Crippen LogP contribution in [0.15, 0.2) is 5.11 Å². The highest BCUT2D eigenvalue weighted by Crippen LogP contribution is 2.43. The molecule has 31 heteroatoms. The van der Waals surface area contributed by atoms with Crippen LogP contribution in [0.25, 0.3) is 10.4 Å². The van der Waals surface area contributed by atoms with Crippen LogP contribution in [0.2, 0.25) is 0 Å². The Hall–Kier alpha value is -1.81. The highest BCUT2D eigenvalue weighted by atomic mass is 16.7. The lowest BCUT2D eigenvalue weighted by Gasteiger charge is -2.50. The lowest BCUT2D eigenvalue weighted by molar-refractivity contribution is -0.341. The average Bonchev–Trinajstić information content (AvgIpc) is 3.46. The molecule has 6 saturated carbocycles. The van der Waals surface area contributed by atoms with Gasteiger partial charge in [0.05, 0.1) is 85.9 Å². The molecular weight excluding hydrogens is 1070 g/mol. The molecule has 0 spiro atoms. The van der Waals surface area contributed by atoms with Gasteiger partial charge in [-0.1, -0.05) is 5.11 Å². The monoisotopic (exact) mass is 1150 g/mol. The summed E-state index contributed by atoms with van der Waals surface area (Å²) in [5.74, 6) is -6.59. The molecule has 35 atom stereocenters. The molecule has 0 aromatic carbocycles. The standard InChI is InChI=1S/C48H81N3O28/c49-51-50-7-26-47-39(70)40(71)48(78-26)79-46-19(13-57)6-24(31(62)38(46)69)76-44-17(11-55)4-22(29(60)36(44)67)74-42-15(9-53)2-20(27(58)34(42)65)72-41-14(8-52)1-21(28(59)33(41)64)73-43-16(10-54)3-23(30(61)35(43)66)75-45-18(12-56)5-25(77-47)32(63)37(45)68/h14-48,52-71H,1-13H2/t14-,15-,16-,17-,18-,19-,20+,21+,22+,23+,24+,25+,26-,27+,28+,29+,30+,31+,32+,33-,34-,35-,36-,37-,38-,39-,40-,41-,42-,43-,44-,45-,46-,47-,48-/m1/s1. The van der Waals surface area contributed by atoms with E-state index >= 15 is 0 Å². The quantitative estimate of drug-likeness (QED) is 0.0610. The summed E-state index contributed by atoms with van der Waals surface area (Å²) in [6, 6.07) is 0. The van der Waals surface area contributed by atoms with Gasteiger partial charge in [-0.15, -0.1) is 0 Å². The van der Waals surface area contributed by atoms with E-state index in [0.29, 0.717) is 0 Å². The Morgan fingerprint density at radius 3 is 0.734 bits per heavy atom. The van der Waals surface area contributed by atoms with Crippen LogP contribution in [-0.4, -0.2) is 326 Å². The van der Waals surface area contributed by atoms with Crippen molar-refractivity contribution in [3.05, 3.63) is 10.4 Å². The minimum absolute atomic E-state index is 0.281. The fraction of sp³-hybridized carbons (Fsp3) is 1.00. The van der Waals surface area contributed by atoms with E-state index in [1.165, 1.54) is 0 Å². The molecule has 0 aromatic heterocycles. The van der Waals surface area contributed by atoms with Gasteiger partial charge in [-0.25, -0.2) is 0 Å².